The second kappa shape index (κ2) is 6.28. The third-order valence-corrected chi connectivity index (χ3v) is 3.85. The van der Waals surface area contributed by atoms with Crippen molar-refractivity contribution in [3.8, 4) is 0 Å². The summed E-state index contributed by atoms with van der Waals surface area (Å²) in [6.45, 7) is 3.19. The number of halogens is 1. The normalized spacial score (nSPS) is 16.9. The summed E-state index contributed by atoms with van der Waals surface area (Å²) in [5.41, 5.74) is 0. The van der Waals surface area contributed by atoms with E-state index in [1.54, 1.807) is 11.8 Å². The number of piperazine rings is 1. The first-order valence-electron chi connectivity index (χ1n) is 5.61. The van der Waals surface area contributed by atoms with E-state index in [-0.39, 0.29) is 5.91 Å². The predicted octanol–water partition coefficient (Wildman–Crippen LogP) is 1.86. The Morgan fingerprint density at radius 3 is 2.82 bits per heavy atom. The zero-order valence-electron chi connectivity index (χ0n) is 9.49. The van der Waals surface area contributed by atoms with E-state index in [9.17, 15) is 4.79 Å². The number of hydrogen-bond acceptors (Lipinski definition) is 3. The molecule has 0 radical (unpaired) electrons. The minimum absolute atomic E-state index is 0.132. The first kappa shape index (κ1) is 12.7. The maximum Gasteiger partial charge on any atom is 0.234 e. The molecule has 5 heteroatoms. The Hall–Kier alpha value is -0.710. The van der Waals surface area contributed by atoms with Gasteiger partial charge in [-0.25, -0.2) is 0 Å². The monoisotopic (exact) mass is 270 g/mol. The average molecular weight is 271 g/mol. The van der Waals surface area contributed by atoms with E-state index in [0.717, 1.165) is 30.4 Å². The molecule has 1 fully saturated rings. The molecule has 0 saturated carbocycles. The quantitative estimate of drug-likeness (QED) is 0.848. The molecular weight excluding hydrogens is 256 g/mol. The lowest BCUT2D eigenvalue weighted by atomic mass is 10.3. The molecule has 92 valence electrons. The number of carbonyl (C=O) groups excluding carboxylic acids is 1. The molecule has 1 aromatic carbocycles. The molecule has 0 bridgehead atoms. The van der Waals surface area contributed by atoms with Crippen LogP contribution in [0.15, 0.2) is 29.2 Å². The molecule has 1 aromatic rings. The third-order valence-electron chi connectivity index (χ3n) is 2.61. The van der Waals surface area contributed by atoms with Gasteiger partial charge in [-0.2, -0.15) is 0 Å². The van der Waals surface area contributed by atoms with Gasteiger partial charge in [0.05, 0.1) is 6.54 Å². The summed E-state index contributed by atoms with van der Waals surface area (Å²) in [5.74, 6) is 1.13. The zero-order chi connectivity index (χ0) is 12.1. The Balaban J connectivity index is 1.72. The van der Waals surface area contributed by atoms with Crippen LogP contribution in [0.1, 0.15) is 0 Å². The van der Waals surface area contributed by atoms with Crippen molar-refractivity contribution in [2.75, 3.05) is 31.9 Å². The summed E-state index contributed by atoms with van der Waals surface area (Å²) in [7, 11) is 0. The number of nitrogens with zero attached hydrogens (tertiary/aromatic N) is 1. The molecule has 1 aliphatic rings. The lowest BCUT2D eigenvalue weighted by Gasteiger charge is -2.26. The fourth-order valence-corrected chi connectivity index (χ4v) is 2.75. The highest BCUT2D eigenvalue weighted by Crippen LogP contribution is 2.20. The van der Waals surface area contributed by atoms with Crippen LogP contribution in [-0.4, -0.2) is 42.7 Å². The topological polar surface area (TPSA) is 32.3 Å². The highest BCUT2D eigenvalue weighted by atomic mass is 35.5. The van der Waals surface area contributed by atoms with Crippen LogP contribution in [0, 0.1) is 0 Å². The van der Waals surface area contributed by atoms with Crippen molar-refractivity contribution in [1.82, 2.24) is 10.2 Å². The molecule has 17 heavy (non-hydrogen) atoms. The van der Waals surface area contributed by atoms with E-state index in [0.29, 0.717) is 6.54 Å². The van der Waals surface area contributed by atoms with Crippen LogP contribution >= 0.6 is 23.4 Å². The Morgan fingerprint density at radius 1 is 1.35 bits per heavy atom. The van der Waals surface area contributed by atoms with Gasteiger partial charge in [0.15, 0.2) is 0 Å². The van der Waals surface area contributed by atoms with Gasteiger partial charge in [0, 0.05) is 35.3 Å². The van der Waals surface area contributed by atoms with Gasteiger partial charge >= 0.3 is 0 Å². The Labute approximate surface area is 111 Å². The van der Waals surface area contributed by atoms with E-state index >= 15 is 0 Å². The lowest BCUT2D eigenvalue weighted by Crippen LogP contribution is -2.48. The molecule has 1 amide bonds. The Kier molecular flexibility index (Phi) is 4.71. The standard InChI is InChI=1S/C12H15ClN2OS/c13-10-1-3-11(4-2-10)17-8-7-15-6-5-14-12(16)9-15/h1-4H,5-9H2,(H,14,16). The van der Waals surface area contributed by atoms with Crippen LogP contribution in [0.4, 0.5) is 0 Å². The predicted molar refractivity (Wildman–Crippen MR) is 71.6 cm³/mol. The average Bonchev–Trinajstić information content (AvgIpc) is 2.32. The van der Waals surface area contributed by atoms with Gasteiger partial charge in [0.1, 0.15) is 0 Å². The number of nitrogens with one attached hydrogen (secondary N) is 1. The molecular formula is C12H15ClN2OS. The SMILES string of the molecule is O=C1CN(CCSc2ccc(Cl)cc2)CCN1. The number of hydrogen-bond donors (Lipinski definition) is 1. The molecule has 1 aliphatic heterocycles. The van der Waals surface area contributed by atoms with Crippen LogP contribution in [0.5, 0.6) is 0 Å². The van der Waals surface area contributed by atoms with Crippen molar-refractivity contribution in [3.63, 3.8) is 0 Å². The molecule has 1 saturated heterocycles. The summed E-state index contributed by atoms with van der Waals surface area (Å²) >= 11 is 7.61. The van der Waals surface area contributed by atoms with Crippen molar-refractivity contribution in [2.24, 2.45) is 0 Å². The smallest absolute Gasteiger partial charge is 0.234 e. The molecule has 0 aromatic heterocycles. The number of thioether (sulfide) groups is 1. The maximum atomic E-state index is 11.2. The molecule has 3 nitrogen and oxygen atoms in total. The van der Waals surface area contributed by atoms with Crippen molar-refractivity contribution < 1.29 is 4.79 Å². The zero-order valence-corrected chi connectivity index (χ0v) is 11.1. The summed E-state index contributed by atoms with van der Waals surface area (Å²) in [5, 5.41) is 3.59. The maximum absolute atomic E-state index is 11.2. The van der Waals surface area contributed by atoms with Gasteiger partial charge < -0.3 is 5.32 Å². The molecule has 1 N–H and O–H groups in total. The van der Waals surface area contributed by atoms with Crippen LogP contribution in [-0.2, 0) is 4.79 Å². The van der Waals surface area contributed by atoms with Gasteiger partial charge in [0.25, 0.3) is 0 Å². The van der Waals surface area contributed by atoms with E-state index < -0.39 is 0 Å². The van der Waals surface area contributed by atoms with Gasteiger partial charge in [-0.1, -0.05) is 11.6 Å². The minimum atomic E-state index is 0.132. The summed E-state index contributed by atoms with van der Waals surface area (Å²) < 4.78 is 0. The Bertz CT molecular complexity index is 383. The van der Waals surface area contributed by atoms with Crippen molar-refractivity contribution >= 4 is 29.3 Å². The van der Waals surface area contributed by atoms with E-state index in [2.05, 4.69) is 10.2 Å². The lowest BCUT2D eigenvalue weighted by molar-refractivity contribution is -0.123. The van der Waals surface area contributed by atoms with E-state index in [4.69, 9.17) is 11.6 Å². The van der Waals surface area contributed by atoms with Crippen molar-refractivity contribution in [3.05, 3.63) is 29.3 Å². The van der Waals surface area contributed by atoms with Crippen LogP contribution in [0.3, 0.4) is 0 Å². The third kappa shape index (κ3) is 4.22. The van der Waals surface area contributed by atoms with Crippen LogP contribution in [0.25, 0.3) is 0 Å². The number of amides is 1. The van der Waals surface area contributed by atoms with Crippen LogP contribution < -0.4 is 5.32 Å². The summed E-state index contributed by atoms with van der Waals surface area (Å²) in [6.07, 6.45) is 0. The first-order chi connectivity index (χ1) is 8.24. The second-order valence-electron chi connectivity index (χ2n) is 3.93. The van der Waals surface area contributed by atoms with Crippen LogP contribution in [0.2, 0.25) is 5.02 Å². The molecule has 0 unspecified atom stereocenters. The molecule has 0 atom stereocenters. The number of carbonyl (C=O) groups is 1. The Morgan fingerprint density at radius 2 is 2.12 bits per heavy atom. The highest BCUT2D eigenvalue weighted by molar-refractivity contribution is 7.99. The fourth-order valence-electron chi connectivity index (χ4n) is 1.71. The molecule has 0 aliphatic carbocycles. The second-order valence-corrected chi connectivity index (χ2v) is 5.53. The molecule has 2 rings (SSSR count). The van der Waals surface area contributed by atoms with E-state index in [1.165, 1.54) is 4.90 Å². The fraction of sp³-hybridized carbons (Fsp3) is 0.417. The van der Waals surface area contributed by atoms with Gasteiger partial charge in [-0.3, -0.25) is 9.69 Å². The van der Waals surface area contributed by atoms with E-state index in [1.807, 2.05) is 24.3 Å². The van der Waals surface area contributed by atoms with Crippen molar-refractivity contribution in [1.29, 1.82) is 0 Å². The van der Waals surface area contributed by atoms with Gasteiger partial charge in [-0.15, -0.1) is 11.8 Å². The first-order valence-corrected chi connectivity index (χ1v) is 6.98. The number of benzene rings is 1. The highest BCUT2D eigenvalue weighted by Gasteiger charge is 2.14. The van der Waals surface area contributed by atoms with Gasteiger partial charge in [0.2, 0.25) is 5.91 Å². The van der Waals surface area contributed by atoms with Gasteiger partial charge in [-0.05, 0) is 24.3 Å². The summed E-state index contributed by atoms with van der Waals surface area (Å²) in [6, 6.07) is 7.85. The number of rotatable bonds is 4. The van der Waals surface area contributed by atoms with Crippen molar-refractivity contribution in [2.45, 2.75) is 4.90 Å². The molecule has 0 spiro atoms. The minimum Gasteiger partial charge on any atom is -0.354 e. The summed E-state index contributed by atoms with van der Waals surface area (Å²) in [4.78, 5) is 14.6. The molecule has 1 heterocycles. The largest absolute Gasteiger partial charge is 0.354 e.